The monoisotopic (exact) mass is 344 g/mol. The lowest BCUT2D eigenvalue weighted by Gasteiger charge is -2.23. The van der Waals surface area contributed by atoms with Crippen molar-refractivity contribution in [3.63, 3.8) is 0 Å². The Morgan fingerprint density at radius 1 is 1.40 bits per heavy atom. The minimum Gasteiger partial charge on any atom is -0.508 e. The molecular weight excluding hydrogens is 320 g/mol. The molecule has 25 heavy (non-hydrogen) atoms. The molecule has 3 rings (SSSR count). The summed E-state index contributed by atoms with van der Waals surface area (Å²) in [4.78, 5) is 14.3. The molecule has 6 nitrogen and oxygen atoms in total. The van der Waals surface area contributed by atoms with Gasteiger partial charge in [0.05, 0.1) is 6.04 Å². The number of benzene rings is 1. The van der Waals surface area contributed by atoms with Crippen LogP contribution in [0.5, 0.6) is 5.75 Å². The Labute approximate surface area is 147 Å². The summed E-state index contributed by atoms with van der Waals surface area (Å²) < 4.78 is 10.9. The maximum absolute atomic E-state index is 12.5. The second-order valence-electron chi connectivity index (χ2n) is 6.24. The van der Waals surface area contributed by atoms with Crippen molar-refractivity contribution in [2.24, 2.45) is 0 Å². The summed E-state index contributed by atoms with van der Waals surface area (Å²) in [5, 5.41) is 12.4. The lowest BCUT2D eigenvalue weighted by Crippen LogP contribution is -2.40. The zero-order valence-corrected chi connectivity index (χ0v) is 14.4. The highest BCUT2D eigenvalue weighted by Crippen LogP contribution is 2.33. The molecule has 0 spiro atoms. The molecule has 1 fully saturated rings. The molecule has 1 aromatic carbocycles. The zero-order valence-electron chi connectivity index (χ0n) is 14.4. The number of methoxy groups -OCH3 is 1. The van der Waals surface area contributed by atoms with Crippen LogP contribution >= 0.6 is 0 Å². The molecule has 1 atom stereocenters. The van der Waals surface area contributed by atoms with Crippen molar-refractivity contribution in [1.82, 2.24) is 10.2 Å². The van der Waals surface area contributed by atoms with Gasteiger partial charge in [0, 0.05) is 20.2 Å². The van der Waals surface area contributed by atoms with Gasteiger partial charge in [-0.1, -0.05) is 12.1 Å². The fraction of sp³-hybridized carbons (Fsp3) is 0.421. The van der Waals surface area contributed by atoms with Gasteiger partial charge < -0.3 is 24.5 Å². The molecule has 1 aliphatic rings. The first-order valence-electron chi connectivity index (χ1n) is 8.57. The molecule has 0 aliphatic carbocycles. The van der Waals surface area contributed by atoms with E-state index < -0.39 is 0 Å². The van der Waals surface area contributed by atoms with Crippen molar-refractivity contribution in [2.75, 3.05) is 20.2 Å². The molecule has 2 amide bonds. The molecule has 1 aliphatic heterocycles. The number of carbonyl (C=O) groups is 1. The van der Waals surface area contributed by atoms with Crippen LogP contribution in [0.25, 0.3) is 0 Å². The zero-order chi connectivity index (χ0) is 17.6. The van der Waals surface area contributed by atoms with Crippen molar-refractivity contribution < 1.29 is 19.1 Å². The fourth-order valence-corrected chi connectivity index (χ4v) is 3.23. The average molecular weight is 344 g/mol. The van der Waals surface area contributed by atoms with E-state index >= 15 is 0 Å². The maximum Gasteiger partial charge on any atom is 0.318 e. The predicted octanol–water partition coefficient (Wildman–Crippen LogP) is 3.22. The normalized spacial score (nSPS) is 17.0. The van der Waals surface area contributed by atoms with Crippen LogP contribution < -0.4 is 5.32 Å². The van der Waals surface area contributed by atoms with Crippen molar-refractivity contribution in [3.8, 4) is 5.75 Å². The lowest BCUT2D eigenvalue weighted by molar-refractivity contribution is 0.156. The molecule has 0 radical (unpaired) electrons. The number of phenolic OH excluding ortho intramolecular Hbond substituents is 1. The number of hydrogen-bond acceptors (Lipinski definition) is 4. The van der Waals surface area contributed by atoms with Crippen LogP contribution in [0, 0.1) is 0 Å². The number of carbonyl (C=O) groups excluding carboxylic acids is 1. The largest absolute Gasteiger partial charge is 0.508 e. The topological polar surface area (TPSA) is 74.9 Å². The summed E-state index contributed by atoms with van der Waals surface area (Å²) in [5.74, 6) is 1.83. The van der Waals surface area contributed by atoms with E-state index in [4.69, 9.17) is 9.15 Å². The number of furan rings is 1. The summed E-state index contributed by atoms with van der Waals surface area (Å²) in [6, 6.07) is 10.8. The van der Waals surface area contributed by atoms with Gasteiger partial charge in [0.25, 0.3) is 0 Å². The van der Waals surface area contributed by atoms with E-state index in [1.807, 2.05) is 23.1 Å². The van der Waals surface area contributed by atoms with Crippen LogP contribution in [0.15, 0.2) is 40.8 Å². The fourth-order valence-electron chi connectivity index (χ4n) is 3.23. The number of amides is 2. The Bertz CT molecular complexity index is 713. The molecule has 134 valence electrons. The number of hydrogen-bond donors (Lipinski definition) is 2. The van der Waals surface area contributed by atoms with E-state index in [-0.39, 0.29) is 17.8 Å². The first-order valence-corrected chi connectivity index (χ1v) is 8.57. The Kier molecular flexibility index (Phi) is 5.60. The van der Waals surface area contributed by atoms with Crippen molar-refractivity contribution in [1.29, 1.82) is 0 Å². The molecule has 0 saturated carbocycles. The van der Waals surface area contributed by atoms with E-state index in [2.05, 4.69) is 5.32 Å². The van der Waals surface area contributed by atoms with Gasteiger partial charge in [-0.25, -0.2) is 4.79 Å². The van der Waals surface area contributed by atoms with Gasteiger partial charge in [0.1, 0.15) is 23.9 Å². The number of phenols is 1. The van der Waals surface area contributed by atoms with E-state index in [0.29, 0.717) is 19.6 Å². The molecule has 2 aromatic rings. The van der Waals surface area contributed by atoms with Crippen molar-refractivity contribution >= 4 is 6.03 Å². The summed E-state index contributed by atoms with van der Waals surface area (Å²) in [6.45, 7) is 1.68. The minimum atomic E-state index is -0.0765. The molecule has 2 heterocycles. The Morgan fingerprint density at radius 3 is 3.08 bits per heavy atom. The summed E-state index contributed by atoms with van der Waals surface area (Å²) in [7, 11) is 1.63. The van der Waals surface area contributed by atoms with Crippen molar-refractivity contribution in [2.45, 2.75) is 31.9 Å². The van der Waals surface area contributed by atoms with Gasteiger partial charge in [0.15, 0.2) is 0 Å². The van der Waals surface area contributed by atoms with Crippen LogP contribution in [-0.4, -0.2) is 36.2 Å². The second kappa shape index (κ2) is 8.07. The van der Waals surface area contributed by atoms with Crippen LogP contribution in [0.2, 0.25) is 0 Å². The van der Waals surface area contributed by atoms with Gasteiger partial charge >= 0.3 is 6.03 Å². The second-order valence-corrected chi connectivity index (χ2v) is 6.24. The molecule has 1 aromatic heterocycles. The molecule has 1 saturated heterocycles. The highest BCUT2D eigenvalue weighted by molar-refractivity contribution is 5.75. The Morgan fingerprint density at radius 2 is 2.28 bits per heavy atom. The predicted molar refractivity (Wildman–Crippen MR) is 93.3 cm³/mol. The average Bonchev–Trinajstić information content (AvgIpc) is 3.24. The first-order chi connectivity index (χ1) is 12.2. The third-order valence-electron chi connectivity index (χ3n) is 4.41. The lowest BCUT2D eigenvalue weighted by atomic mass is 10.1. The van der Waals surface area contributed by atoms with Crippen molar-refractivity contribution in [3.05, 3.63) is 53.5 Å². The number of rotatable bonds is 6. The Balaban J connectivity index is 1.55. The van der Waals surface area contributed by atoms with Gasteiger partial charge in [-0.05, 0) is 49.1 Å². The van der Waals surface area contributed by atoms with Gasteiger partial charge in [0.2, 0.25) is 0 Å². The van der Waals surface area contributed by atoms with Crippen LogP contribution in [0.3, 0.4) is 0 Å². The van der Waals surface area contributed by atoms with Gasteiger partial charge in [-0.3, -0.25) is 0 Å². The Hall–Kier alpha value is -2.47. The molecule has 6 heteroatoms. The van der Waals surface area contributed by atoms with Gasteiger partial charge in [-0.2, -0.15) is 0 Å². The molecule has 0 bridgehead atoms. The molecule has 0 unspecified atom stereocenters. The SMILES string of the molecule is COCc1ccc([C@@H]2CCCN2C(=O)NCCc2cccc(O)c2)o1. The van der Waals surface area contributed by atoms with E-state index in [9.17, 15) is 9.90 Å². The van der Waals surface area contributed by atoms with Gasteiger partial charge in [-0.15, -0.1) is 0 Å². The summed E-state index contributed by atoms with van der Waals surface area (Å²) in [6.07, 6.45) is 2.54. The third-order valence-corrected chi connectivity index (χ3v) is 4.41. The summed E-state index contributed by atoms with van der Waals surface area (Å²) in [5.41, 5.74) is 0.994. The van der Waals surface area contributed by atoms with E-state index in [1.54, 1.807) is 25.3 Å². The van der Waals surface area contributed by atoms with Crippen LogP contribution in [-0.2, 0) is 17.8 Å². The number of likely N-dealkylation sites (tertiary alicyclic amines) is 1. The van der Waals surface area contributed by atoms with E-state index in [0.717, 1.165) is 36.5 Å². The minimum absolute atomic E-state index is 0.0219. The third kappa shape index (κ3) is 4.33. The number of aromatic hydroxyl groups is 1. The molecule has 2 N–H and O–H groups in total. The molecular formula is C19H24N2O4. The quantitative estimate of drug-likeness (QED) is 0.844. The maximum atomic E-state index is 12.5. The first kappa shape index (κ1) is 17.4. The van der Waals surface area contributed by atoms with Crippen LogP contribution in [0.4, 0.5) is 4.79 Å². The number of nitrogens with zero attached hydrogens (tertiary/aromatic N) is 1. The number of urea groups is 1. The van der Waals surface area contributed by atoms with Crippen LogP contribution in [0.1, 0.15) is 36.0 Å². The number of ether oxygens (including phenoxy) is 1. The summed E-state index contributed by atoms with van der Waals surface area (Å²) >= 11 is 0. The number of nitrogens with one attached hydrogen (secondary N) is 1. The highest BCUT2D eigenvalue weighted by atomic mass is 16.5. The highest BCUT2D eigenvalue weighted by Gasteiger charge is 2.32. The smallest absolute Gasteiger partial charge is 0.318 e. The standard InChI is InChI=1S/C19H24N2O4/c1-24-13-16-7-8-18(25-16)17-6-3-11-21(17)19(23)20-10-9-14-4-2-5-15(22)12-14/h2,4-5,7-8,12,17,22H,3,6,9-11,13H2,1H3,(H,20,23)/t17-/m0/s1. The van der Waals surface area contributed by atoms with E-state index in [1.165, 1.54) is 0 Å².